The number of nitrogens with one attached hydrogen (secondary N) is 1. The quantitative estimate of drug-likeness (QED) is 0.484. The largest absolute Gasteiger partial charge is 0.308 e. The fourth-order valence-corrected chi connectivity index (χ4v) is 5.51. The van der Waals surface area contributed by atoms with E-state index in [2.05, 4.69) is 4.72 Å². The third-order valence-corrected chi connectivity index (χ3v) is 7.32. The average molecular weight is 443 g/mol. The lowest BCUT2D eigenvalue weighted by Crippen LogP contribution is -2.26. The molecule has 0 aliphatic rings. The smallest absolute Gasteiger partial charge is 0.294 e. The van der Waals surface area contributed by atoms with Gasteiger partial charge in [-0.25, -0.2) is 17.5 Å². The Labute approximate surface area is 177 Å². The highest BCUT2D eigenvalue weighted by atomic mass is 32.2. The normalized spacial score (nSPS) is 12.9. The second-order valence-electron chi connectivity index (χ2n) is 6.96. The van der Waals surface area contributed by atoms with Crippen molar-refractivity contribution < 1.29 is 12.8 Å². The predicted molar refractivity (Wildman–Crippen MR) is 117 cm³/mol. The number of hydrogen-bond donors (Lipinski definition) is 1. The molecule has 0 amide bonds. The summed E-state index contributed by atoms with van der Waals surface area (Å²) in [5, 5.41) is 0. The van der Waals surface area contributed by atoms with Crippen molar-refractivity contribution in [1.29, 1.82) is 0 Å². The molecular formula is C22H19FN2O3S2. The number of fused-ring (bicyclic) bond motifs is 1. The van der Waals surface area contributed by atoms with Gasteiger partial charge in [0.15, 0.2) is 0 Å². The number of benzene rings is 3. The van der Waals surface area contributed by atoms with Gasteiger partial charge in [0.25, 0.3) is 0 Å². The molecule has 0 aliphatic heterocycles. The number of hydrogen-bond acceptors (Lipinski definition) is 4. The van der Waals surface area contributed by atoms with E-state index in [-0.39, 0.29) is 15.6 Å². The maximum absolute atomic E-state index is 13.1. The molecule has 1 atom stereocenters. The second-order valence-corrected chi connectivity index (χ2v) is 9.67. The van der Waals surface area contributed by atoms with Gasteiger partial charge in [-0.05, 0) is 48.4 Å². The van der Waals surface area contributed by atoms with E-state index in [9.17, 15) is 17.6 Å². The van der Waals surface area contributed by atoms with Gasteiger partial charge in [-0.3, -0.25) is 9.36 Å². The van der Waals surface area contributed by atoms with Crippen LogP contribution in [0.3, 0.4) is 0 Å². The van der Waals surface area contributed by atoms with Crippen LogP contribution in [-0.2, 0) is 16.6 Å². The van der Waals surface area contributed by atoms with Crippen LogP contribution < -0.4 is 9.60 Å². The topological polar surface area (TPSA) is 68.2 Å². The summed E-state index contributed by atoms with van der Waals surface area (Å²) in [4.78, 5) is 12.4. The van der Waals surface area contributed by atoms with Crippen molar-refractivity contribution in [3.05, 3.63) is 99.4 Å². The number of thiazole rings is 1. The van der Waals surface area contributed by atoms with Crippen LogP contribution in [0, 0.1) is 5.82 Å². The van der Waals surface area contributed by atoms with E-state index in [1.165, 1.54) is 24.3 Å². The minimum Gasteiger partial charge on any atom is -0.294 e. The predicted octanol–water partition coefficient (Wildman–Crippen LogP) is 4.29. The van der Waals surface area contributed by atoms with E-state index < -0.39 is 16.1 Å². The van der Waals surface area contributed by atoms with Crippen molar-refractivity contribution in [2.45, 2.75) is 24.4 Å². The Morgan fingerprint density at radius 2 is 1.73 bits per heavy atom. The van der Waals surface area contributed by atoms with Gasteiger partial charge in [0, 0.05) is 6.04 Å². The van der Waals surface area contributed by atoms with Gasteiger partial charge in [0.2, 0.25) is 10.0 Å². The Kier molecular flexibility index (Phi) is 5.55. The summed E-state index contributed by atoms with van der Waals surface area (Å²) in [6, 6.07) is 19.4. The van der Waals surface area contributed by atoms with Gasteiger partial charge in [-0.15, -0.1) is 0 Å². The van der Waals surface area contributed by atoms with Gasteiger partial charge in [0.1, 0.15) is 5.82 Å². The Morgan fingerprint density at radius 3 is 2.43 bits per heavy atom. The Balaban J connectivity index is 1.63. The summed E-state index contributed by atoms with van der Waals surface area (Å²) >= 11 is 1.02. The summed E-state index contributed by atoms with van der Waals surface area (Å²) in [5.74, 6) is -0.380. The van der Waals surface area contributed by atoms with Crippen LogP contribution in [0.4, 0.5) is 4.39 Å². The molecule has 0 saturated carbocycles. The van der Waals surface area contributed by atoms with Crippen LogP contribution in [0.1, 0.15) is 24.1 Å². The standard InChI is InChI=1S/C22H19FN2O3S2/c1-15(17-7-9-18(23)10-8-17)24-30(27,28)19-11-12-20-21(13-19)29-22(26)25(20)14-16-5-3-2-4-6-16/h2-13,15,24H,14H2,1H3/t15-/m1/s1. The third-order valence-electron chi connectivity index (χ3n) is 4.84. The van der Waals surface area contributed by atoms with Gasteiger partial charge >= 0.3 is 4.87 Å². The molecule has 0 saturated heterocycles. The summed E-state index contributed by atoms with van der Waals surface area (Å²) in [6.07, 6.45) is 0. The molecule has 0 unspecified atom stereocenters. The zero-order chi connectivity index (χ0) is 21.3. The Hall–Kier alpha value is -2.81. The molecule has 3 aromatic carbocycles. The fourth-order valence-electron chi connectivity index (χ4n) is 3.25. The molecule has 30 heavy (non-hydrogen) atoms. The van der Waals surface area contributed by atoms with Crippen molar-refractivity contribution in [3.63, 3.8) is 0 Å². The van der Waals surface area contributed by atoms with Crippen molar-refractivity contribution in [2.24, 2.45) is 0 Å². The molecule has 0 bridgehead atoms. The van der Waals surface area contributed by atoms with Crippen molar-refractivity contribution in [3.8, 4) is 0 Å². The van der Waals surface area contributed by atoms with Crippen molar-refractivity contribution in [1.82, 2.24) is 9.29 Å². The number of sulfonamides is 1. The molecule has 0 spiro atoms. The molecule has 1 aromatic heterocycles. The molecule has 4 aromatic rings. The van der Waals surface area contributed by atoms with E-state index in [1.807, 2.05) is 30.3 Å². The van der Waals surface area contributed by atoms with E-state index >= 15 is 0 Å². The van der Waals surface area contributed by atoms with Crippen LogP contribution in [0.2, 0.25) is 0 Å². The van der Waals surface area contributed by atoms with E-state index in [0.717, 1.165) is 16.9 Å². The van der Waals surface area contributed by atoms with Gasteiger partial charge in [0.05, 0.1) is 21.7 Å². The Bertz CT molecular complexity index is 1340. The maximum Gasteiger partial charge on any atom is 0.308 e. The lowest BCUT2D eigenvalue weighted by atomic mass is 10.1. The van der Waals surface area contributed by atoms with Crippen LogP contribution in [-0.4, -0.2) is 13.0 Å². The molecule has 0 aliphatic carbocycles. The fraction of sp³-hybridized carbons (Fsp3) is 0.136. The lowest BCUT2D eigenvalue weighted by molar-refractivity contribution is 0.566. The SMILES string of the molecule is C[C@@H](NS(=O)(=O)c1ccc2c(c1)sc(=O)n2Cc1ccccc1)c1ccc(F)cc1. The van der Waals surface area contributed by atoms with E-state index in [1.54, 1.807) is 29.7 Å². The van der Waals surface area contributed by atoms with Gasteiger partial charge < -0.3 is 0 Å². The van der Waals surface area contributed by atoms with Crippen molar-refractivity contribution >= 4 is 31.6 Å². The molecular weight excluding hydrogens is 423 g/mol. The highest BCUT2D eigenvalue weighted by Gasteiger charge is 2.20. The molecule has 0 fully saturated rings. The first-order chi connectivity index (χ1) is 14.3. The second kappa shape index (κ2) is 8.14. The Morgan fingerprint density at radius 1 is 1.03 bits per heavy atom. The van der Waals surface area contributed by atoms with Gasteiger partial charge in [-0.2, -0.15) is 0 Å². The van der Waals surface area contributed by atoms with Crippen LogP contribution in [0.5, 0.6) is 0 Å². The first kappa shape index (κ1) is 20.5. The highest BCUT2D eigenvalue weighted by molar-refractivity contribution is 7.89. The average Bonchev–Trinajstić information content (AvgIpc) is 3.03. The molecule has 1 N–H and O–H groups in total. The van der Waals surface area contributed by atoms with E-state index in [4.69, 9.17) is 0 Å². The molecule has 154 valence electrons. The summed E-state index contributed by atoms with van der Waals surface area (Å²) in [7, 11) is -3.82. The monoisotopic (exact) mass is 442 g/mol. The highest BCUT2D eigenvalue weighted by Crippen LogP contribution is 2.24. The molecule has 8 heteroatoms. The number of halogens is 1. The van der Waals surface area contributed by atoms with E-state index in [0.29, 0.717) is 22.3 Å². The molecule has 0 radical (unpaired) electrons. The number of nitrogens with zero attached hydrogens (tertiary/aromatic N) is 1. The lowest BCUT2D eigenvalue weighted by Gasteiger charge is -2.15. The number of rotatable bonds is 6. The minimum atomic E-state index is -3.82. The zero-order valence-electron chi connectivity index (χ0n) is 16.1. The van der Waals surface area contributed by atoms with Crippen LogP contribution >= 0.6 is 11.3 Å². The minimum absolute atomic E-state index is 0.0806. The maximum atomic E-state index is 13.1. The zero-order valence-corrected chi connectivity index (χ0v) is 17.7. The van der Waals surface area contributed by atoms with Crippen LogP contribution in [0.25, 0.3) is 10.2 Å². The summed E-state index contributed by atoms with van der Waals surface area (Å²) < 4.78 is 43.6. The molecule has 5 nitrogen and oxygen atoms in total. The first-order valence-electron chi connectivity index (χ1n) is 9.28. The number of aromatic nitrogens is 1. The van der Waals surface area contributed by atoms with Gasteiger partial charge in [-0.1, -0.05) is 53.8 Å². The third kappa shape index (κ3) is 4.21. The van der Waals surface area contributed by atoms with Crippen LogP contribution in [0.15, 0.2) is 82.5 Å². The summed E-state index contributed by atoms with van der Waals surface area (Å²) in [5.41, 5.74) is 2.34. The molecule has 4 rings (SSSR count). The molecule has 1 heterocycles. The summed E-state index contributed by atoms with van der Waals surface area (Å²) in [6.45, 7) is 2.11. The first-order valence-corrected chi connectivity index (χ1v) is 11.6. The van der Waals surface area contributed by atoms with Crippen molar-refractivity contribution in [2.75, 3.05) is 0 Å².